The van der Waals surface area contributed by atoms with Crippen molar-refractivity contribution in [1.82, 2.24) is 0 Å². The molecule has 0 amide bonds. The van der Waals surface area contributed by atoms with Crippen molar-refractivity contribution in [1.29, 1.82) is 0 Å². The van der Waals surface area contributed by atoms with E-state index in [1.54, 1.807) is 0 Å². The highest BCUT2D eigenvalue weighted by molar-refractivity contribution is 5.55. The minimum absolute atomic E-state index is 1.21. The van der Waals surface area contributed by atoms with Crippen LogP contribution in [0.5, 0.6) is 0 Å². The van der Waals surface area contributed by atoms with E-state index in [0.29, 0.717) is 0 Å². The van der Waals surface area contributed by atoms with Gasteiger partial charge in [0.25, 0.3) is 0 Å². The van der Waals surface area contributed by atoms with Crippen LogP contribution in [0.15, 0.2) is 61.2 Å². The van der Waals surface area contributed by atoms with Crippen molar-refractivity contribution in [2.45, 2.75) is 0 Å². The first-order valence-electron chi connectivity index (χ1n) is 5.99. The fourth-order valence-corrected chi connectivity index (χ4v) is 1.58. The van der Waals surface area contributed by atoms with Gasteiger partial charge in [0.05, 0.1) is 0 Å². The molecule has 0 aliphatic rings. The van der Waals surface area contributed by atoms with Crippen LogP contribution in [-0.2, 0) is 14.1 Å². The second-order valence-electron chi connectivity index (χ2n) is 4.31. The van der Waals surface area contributed by atoms with Gasteiger partial charge in [0, 0.05) is 24.3 Å². The van der Waals surface area contributed by atoms with E-state index in [1.807, 2.05) is 48.0 Å². The molecule has 0 bridgehead atoms. The lowest BCUT2D eigenvalue weighted by atomic mass is 10.2. The van der Waals surface area contributed by atoms with Gasteiger partial charge in [0.15, 0.2) is 24.8 Å². The zero-order valence-corrected chi connectivity index (χ0v) is 10.8. The van der Waals surface area contributed by atoms with Gasteiger partial charge in [0.2, 0.25) is 0 Å². The number of pyridine rings is 2. The summed E-state index contributed by atoms with van der Waals surface area (Å²) >= 11 is 0. The summed E-state index contributed by atoms with van der Waals surface area (Å²) in [4.78, 5) is 0. The third-order valence-corrected chi connectivity index (χ3v) is 2.70. The molecule has 18 heavy (non-hydrogen) atoms. The fourth-order valence-electron chi connectivity index (χ4n) is 1.58. The van der Waals surface area contributed by atoms with Crippen molar-refractivity contribution in [3.05, 3.63) is 72.3 Å². The topological polar surface area (TPSA) is 7.76 Å². The van der Waals surface area contributed by atoms with E-state index >= 15 is 0 Å². The molecule has 2 heteroatoms. The summed E-state index contributed by atoms with van der Waals surface area (Å²) in [6.45, 7) is 0. The molecule has 0 fully saturated rings. The smallest absolute Gasteiger partial charge is 0.169 e. The first kappa shape index (κ1) is 12.2. The number of rotatable bonds is 3. The predicted molar refractivity (Wildman–Crippen MR) is 73.3 cm³/mol. The Bertz CT molecular complexity index is 495. The lowest BCUT2D eigenvalue weighted by Crippen LogP contribution is -2.25. The molecule has 2 nitrogen and oxygen atoms in total. The molecule has 0 N–H and O–H groups in total. The number of hydrogen-bond donors (Lipinski definition) is 0. The highest BCUT2D eigenvalue weighted by Gasteiger charge is 1.91. The molecule has 0 aromatic carbocycles. The first-order valence-corrected chi connectivity index (χ1v) is 5.99. The average molecular weight is 238 g/mol. The van der Waals surface area contributed by atoms with E-state index < -0.39 is 0 Å². The Morgan fingerprint density at radius 3 is 1.33 bits per heavy atom. The van der Waals surface area contributed by atoms with E-state index in [0.717, 1.165) is 0 Å². The molecular weight excluding hydrogens is 220 g/mol. The molecule has 0 aliphatic carbocycles. The zero-order chi connectivity index (χ0) is 12.8. The van der Waals surface area contributed by atoms with E-state index in [2.05, 4.69) is 48.6 Å². The van der Waals surface area contributed by atoms with Crippen LogP contribution < -0.4 is 9.13 Å². The standard InChI is InChI=1S/C16H18N2/c1-17-11-7-15(8-12-17)5-3-4-6-16-9-13-18(2)14-10-16/h3-14H,1-2H3/q+2/b5-3+,6-4+. The minimum Gasteiger partial charge on any atom is -0.208 e. The van der Waals surface area contributed by atoms with E-state index in [-0.39, 0.29) is 0 Å². The Morgan fingerprint density at radius 2 is 1.00 bits per heavy atom. The van der Waals surface area contributed by atoms with Crippen molar-refractivity contribution in [2.24, 2.45) is 14.1 Å². The molecule has 0 spiro atoms. The number of allylic oxidation sites excluding steroid dienone is 2. The molecule has 0 aliphatic heterocycles. The Kier molecular flexibility index (Phi) is 4.02. The highest BCUT2D eigenvalue weighted by Crippen LogP contribution is 2.01. The van der Waals surface area contributed by atoms with Crippen LogP contribution in [0.2, 0.25) is 0 Å². The van der Waals surface area contributed by atoms with Crippen molar-refractivity contribution >= 4 is 12.2 Å². The summed E-state index contributed by atoms with van der Waals surface area (Å²) < 4.78 is 4.05. The van der Waals surface area contributed by atoms with Crippen LogP contribution in [0.4, 0.5) is 0 Å². The Labute approximate surface area is 108 Å². The van der Waals surface area contributed by atoms with Crippen molar-refractivity contribution in [2.75, 3.05) is 0 Å². The third-order valence-electron chi connectivity index (χ3n) is 2.70. The van der Waals surface area contributed by atoms with Crippen LogP contribution in [0.25, 0.3) is 12.2 Å². The minimum atomic E-state index is 1.21. The van der Waals surface area contributed by atoms with Gasteiger partial charge >= 0.3 is 0 Å². The SMILES string of the molecule is C[n+]1ccc(/C=C/C=C/c2cc[n+](C)cc2)cc1. The largest absolute Gasteiger partial charge is 0.208 e. The summed E-state index contributed by atoms with van der Waals surface area (Å²) in [6.07, 6.45) is 16.5. The van der Waals surface area contributed by atoms with Gasteiger partial charge in [-0.25, -0.2) is 9.13 Å². The van der Waals surface area contributed by atoms with E-state index in [4.69, 9.17) is 0 Å². The van der Waals surface area contributed by atoms with Gasteiger partial charge in [-0.2, -0.15) is 0 Å². The van der Waals surface area contributed by atoms with E-state index in [1.165, 1.54) is 11.1 Å². The quantitative estimate of drug-likeness (QED) is 0.571. The normalized spacial score (nSPS) is 11.4. The lowest BCUT2D eigenvalue weighted by Gasteiger charge is -1.90. The predicted octanol–water partition coefficient (Wildman–Crippen LogP) is 2.06. The summed E-state index contributed by atoms with van der Waals surface area (Å²) in [5.74, 6) is 0. The molecular formula is C16H18N2+2. The highest BCUT2D eigenvalue weighted by atomic mass is 14.9. The lowest BCUT2D eigenvalue weighted by molar-refractivity contribution is -0.671. The molecule has 2 aromatic heterocycles. The molecule has 0 unspecified atom stereocenters. The second kappa shape index (κ2) is 5.92. The third kappa shape index (κ3) is 3.67. The molecule has 0 saturated carbocycles. The number of aryl methyl sites for hydroxylation is 2. The van der Waals surface area contributed by atoms with Crippen LogP contribution in [0.3, 0.4) is 0 Å². The molecule has 0 saturated heterocycles. The molecule has 2 rings (SSSR count). The maximum atomic E-state index is 2.10. The Hall–Kier alpha value is -2.22. The monoisotopic (exact) mass is 238 g/mol. The molecule has 2 heterocycles. The van der Waals surface area contributed by atoms with Crippen molar-refractivity contribution in [3.63, 3.8) is 0 Å². The molecule has 0 radical (unpaired) electrons. The number of aromatic nitrogens is 2. The van der Waals surface area contributed by atoms with Crippen LogP contribution >= 0.6 is 0 Å². The zero-order valence-electron chi connectivity index (χ0n) is 10.8. The summed E-state index contributed by atoms with van der Waals surface area (Å²) in [7, 11) is 4.03. The Morgan fingerprint density at radius 1 is 0.667 bits per heavy atom. The average Bonchev–Trinajstić information content (AvgIpc) is 2.39. The maximum Gasteiger partial charge on any atom is 0.169 e. The summed E-state index contributed by atoms with van der Waals surface area (Å²) in [5, 5.41) is 0. The van der Waals surface area contributed by atoms with Gasteiger partial charge in [-0.15, -0.1) is 0 Å². The van der Waals surface area contributed by atoms with E-state index in [9.17, 15) is 0 Å². The molecule has 2 aromatic rings. The molecule has 90 valence electrons. The van der Waals surface area contributed by atoms with Gasteiger partial charge in [-0.1, -0.05) is 24.3 Å². The van der Waals surface area contributed by atoms with Gasteiger partial charge in [-0.3, -0.25) is 0 Å². The van der Waals surface area contributed by atoms with Gasteiger partial charge in [0.1, 0.15) is 14.1 Å². The number of nitrogens with zero attached hydrogens (tertiary/aromatic N) is 2. The van der Waals surface area contributed by atoms with Gasteiger partial charge in [-0.05, 0) is 11.1 Å². The summed E-state index contributed by atoms with van der Waals surface area (Å²) in [5.41, 5.74) is 2.41. The summed E-state index contributed by atoms with van der Waals surface area (Å²) in [6, 6.07) is 8.36. The second-order valence-corrected chi connectivity index (χ2v) is 4.31. The number of hydrogen-bond acceptors (Lipinski definition) is 0. The maximum absolute atomic E-state index is 2.10. The first-order chi connectivity index (χ1) is 8.74. The van der Waals surface area contributed by atoms with Crippen molar-refractivity contribution < 1.29 is 9.13 Å². The fraction of sp³-hybridized carbons (Fsp3) is 0.125. The molecule has 0 atom stereocenters. The van der Waals surface area contributed by atoms with Crippen LogP contribution in [-0.4, -0.2) is 0 Å². The van der Waals surface area contributed by atoms with Crippen LogP contribution in [0, 0.1) is 0 Å². The van der Waals surface area contributed by atoms with Crippen LogP contribution in [0.1, 0.15) is 11.1 Å². The Balaban J connectivity index is 1.98. The van der Waals surface area contributed by atoms with Gasteiger partial charge < -0.3 is 0 Å². The van der Waals surface area contributed by atoms with Crippen molar-refractivity contribution in [3.8, 4) is 0 Å².